The number of sulfonamides is 1. The summed E-state index contributed by atoms with van der Waals surface area (Å²) in [6.07, 6.45) is 3.76. The summed E-state index contributed by atoms with van der Waals surface area (Å²) in [5.41, 5.74) is 0.111. The molecule has 118 valence electrons. The first-order chi connectivity index (χ1) is 9.86. The molecule has 0 aromatic carbocycles. The number of hydrogen-bond donors (Lipinski definition) is 1. The SMILES string of the molecule is CC1(C)COCCN1S(=O)(=O)c1cc(CO)n(C2CC2)c1. The summed E-state index contributed by atoms with van der Waals surface area (Å²) in [5, 5.41) is 9.44. The third-order valence-electron chi connectivity index (χ3n) is 4.17. The van der Waals surface area contributed by atoms with Gasteiger partial charge < -0.3 is 14.4 Å². The van der Waals surface area contributed by atoms with E-state index in [0.29, 0.717) is 31.5 Å². The quantitative estimate of drug-likeness (QED) is 0.904. The monoisotopic (exact) mass is 314 g/mol. The Hall–Kier alpha value is -0.890. The zero-order chi connectivity index (χ0) is 15.3. The molecular weight excluding hydrogens is 292 g/mol. The van der Waals surface area contributed by atoms with Crippen LogP contribution in [0.1, 0.15) is 38.4 Å². The molecule has 0 bridgehead atoms. The van der Waals surface area contributed by atoms with Gasteiger partial charge in [0.25, 0.3) is 0 Å². The maximum absolute atomic E-state index is 12.9. The molecule has 0 radical (unpaired) electrons. The van der Waals surface area contributed by atoms with Crippen molar-refractivity contribution in [3.8, 4) is 0 Å². The highest BCUT2D eigenvalue weighted by Crippen LogP contribution is 2.38. The van der Waals surface area contributed by atoms with Crippen LogP contribution in [0.4, 0.5) is 0 Å². The van der Waals surface area contributed by atoms with Crippen molar-refractivity contribution in [2.45, 2.75) is 49.8 Å². The van der Waals surface area contributed by atoms with E-state index in [0.717, 1.165) is 12.8 Å². The number of ether oxygens (including phenoxy) is 1. The smallest absolute Gasteiger partial charge is 0.245 e. The van der Waals surface area contributed by atoms with Crippen molar-refractivity contribution in [3.63, 3.8) is 0 Å². The average Bonchev–Trinajstić information content (AvgIpc) is 3.16. The van der Waals surface area contributed by atoms with Gasteiger partial charge in [-0.15, -0.1) is 0 Å². The average molecular weight is 314 g/mol. The van der Waals surface area contributed by atoms with E-state index in [1.807, 2.05) is 18.4 Å². The third-order valence-corrected chi connectivity index (χ3v) is 6.24. The molecule has 0 unspecified atom stereocenters. The number of aliphatic hydroxyl groups is 1. The molecule has 1 aliphatic heterocycles. The second-order valence-electron chi connectivity index (χ2n) is 6.41. The van der Waals surface area contributed by atoms with E-state index in [1.54, 1.807) is 12.3 Å². The summed E-state index contributed by atoms with van der Waals surface area (Å²) in [6.45, 7) is 4.77. The van der Waals surface area contributed by atoms with Crippen molar-refractivity contribution in [1.82, 2.24) is 8.87 Å². The Labute approximate surface area is 125 Å². The van der Waals surface area contributed by atoms with Crippen molar-refractivity contribution < 1.29 is 18.3 Å². The number of nitrogens with zero attached hydrogens (tertiary/aromatic N) is 2. The van der Waals surface area contributed by atoms with Gasteiger partial charge >= 0.3 is 0 Å². The minimum Gasteiger partial charge on any atom is -0.390 e. The van der Waals surface area contributed by atoms with Crippen LogP contribution in [0.3, 0.4) is 0 Å². The van der Waals surface area contributed by atoms with Gasteiger partial charge in [0.2, 0.25) is 10.0 Å². The molecule has 2 fully saturated rings. The Morgan fingerprint density at radius 1 is 1.43 bits per heavy atom. The van der Waals surface area contributed by atoms with Crippen LogP contribution >= 0.6 is 0 Å². The molecule has 1 saturated carbocycles. The third kappa shape index (κ3) is 2.63. The van der Waals surface area contributed by atoms with Gasteiger partial charge in [-0.05, 0) is 32.8 Å². The molecule has 0 spiro atoms. The summed E-state index contributed by atoms with van der Waals surface area (Å²) >= 11 is 0. The summed E-state index contributed by atoms with van der Waals surface area (Å²) < 4.78 is 34.6. The van der Waals surface area contributed by atoms with Gasteiger partial charge in [0.05, 0.1) is 25.4 Å². The molecule has 0 amide bonds. The van der Waals surface area contributed by atoms with Crippen molar-refractivity contribution in [1.29, 1.82) is 0 Å². The second kappa shape index (κ2) is 5.08. The van der Waals surface area contributed by atoms with Gasteiger partial charge in [0.15, 0.2) is 0 Å². The topological polar surface area (TPSA) is 71.8 Å². The van der Waals surface area contributed by atoms with Gasteiger partial charge in [-0.25, -0.2) is 8.42 Å². The molecule has 2 heterocycles. The van der Waals surface area contributed by atoms with Crippen LogP contribution in [0.2, 0.25) is 0 Å². The van der Waals surface area contributed by atoms with Crippen LogP contribution in [-0.2, 0) is 21.4 Å². The molecule has 1 saturated heterocycles. The summed E-state index contributed by atoms with van der Waals surface area (Å²) in [5.74, 6) is 0. The van der Waals surface area contributed by atoms with E-state index in [4.69, 9.17) is 4.74 Å². The van der Waals surface area contributed by atoms with Crippen LogP contribution in [0.5, 0.6) is 0 Å². The Morgan fingerprint density at radius 2 is 2.14 bits per heavy atom. The van der Waals surface area contributed by atoms with Gasteiger partial charge in [-0.2, -0.15) is 4.31 Å². The van der Waals surface area contributed by atoms with Gasteiger partial charge in [-0.1, -0.05) is 0 Å². The molecule has 1 aromatic rings. The van der Waals surface area contributed by atoms with E-state index >= 15 is 0 Å². The number of morpholine rings is 1. The molecule has 0 atom stereocenters. The molecule has 7 heteroatoms. The normalized spacial score (nSPS) is 23.4. The van der Waals surface area contributed by atoms with Crippen LogP contribution < -0.4 is 0 Å². The summed E-state index contributed by atoms with van der Waals surface area (Å²) in [4.78, 5) is 0.272. The first-order valence-electron chi connectivity index (χ1n) is 7.28. The van der Waals surface area contributed by atoms with E-state index < -0.39 is 15.6 Å². The van der Waals surface area contributed by atoms with Gasteiger partial charge in [0.1, 0.15) is 4.90 Å². The molecule has 1 aliphatic carbocycles. The molecule has 1 N–H and O–H groups in total. The van der Waals surface area contributed by atoms with Crippen LogP contribution in [-0.4, -0.2) is 47.7 Å². The highest BCUT2D eigenvalue weighted by Gasteiger charge is 2.40. The Kier molecular flexibility index (Phi) is 3.64. The maximum atomic E-state index is 12.9. The van der Waals surface area contributed by atoms with E-state index in [1.165, 1.54) is 4.31 Å². The lowest BCUT2D eigenvalue weighted by atomic mass is 10.1. The first kappa shape index (κ1) is 15.0. The first-order valence-corrected chi connectivity index (χ1v) is 8.72. The lowest BCUT2D eigenvalue weighted by Crippen LogP contribution is -2.55. The van der Waals surface area contributed by atoms with Crippen molar-refractivity contribution in [2.75, 3.05) is 19.8 Å². The lowest BCUT2D eigenvalue weighted by molar-refractivity contribution is -0.00770. The predicted octanol–water partition coefficient (Wildman–Crippen LogP) is 1.11. The Balaban J connectivity index is 1.98. The fourth-order valence-corrected chi connectivity index (χ4v) is 4.68. The number of rotatable bonds is 4. The number of hydrogen-bond acceptors (Lipinski definition) is 4. The number of aromatic nitrogens is 1. The van der Waals surface area contributed by atoms with Crippen molar-refractivity contribution in [2.24, 2.45) is 0 Å². The summed E-state index contributed by atoms with van der Waals surface area (Å²) in [7, 11) is -3.57. The van der Waals surface area contributed by atoms with E-state index in [9.17, 15) is 13.5 Å². The fraction of sp³-hybridized carbons (Fsp3) is 0.714. The molecule has 6 nitrogen and oxygen atoms in total. The van der Waals surface area contributed by atoms with Crippen molar-refractivity contribution in [3.05, 3.63) is 18.0 Å². The zero-order valence-electron chi connectivity index (χ0n) is 12.4. The van der Waals surface area contributed by atoms with E-state index in [2.05, 4.69) is 0 Å². The molecule has 3 rings (SSSR count). The fourth-order valence-electron chi connectivity index (χ4n) is 2.87. The Morgan fingerprint density at radius 3 is 2.71 bits per heavy atom. The van der Waals surface area contributed by atoms with Crippen LogP contribution in [0.25, 0.3) is 0 Å². The minimum absolute atomic E-state index is 0.140. The molecule has 21 heavy (non-hydrogen) atoms. The van der Waals surface area contributed by atoms with Crippen molar-refractivity contribution >= 4 is 10.0 Å². The van der Waals surface area contributed by atoms with Crippen LogP contribution in [0.15, 0.2) is 17.2 Å². The highest BCUT2D eigenvalue weighted by atomic mass is 32.2. The molecule has 1 aromatic heterocycles. The summed E-state index contributed by atoms with van der Waals surface area (Å²) in [6, 6.07) is 1.94. The number of aliphatic hydroxyl groups excluding tert-OH is 1. The molecule has 2 aliphatic rings. The van der Waals surface area contributed by atoms with Crippen LogP contribution in [0, 0.1) is 0 Å². The zero-order valence-corrected chi connectivity index (χ0v) is 13.3. The maximum Gasteiger partial charge on any atom is 0.245 e. The Bertz CT molecular complexity index is 631. The standard InChI is InChI=1S/C14H22N2O4S/c1-14(2)10-20-6-5-16(14)21(18,19)13-7-12(9-17)15(8-13)11-3-4-11/h7-8,11,17H,3-6,9-10H2,1-2H3. The molecular formula is C14H22N2O4S. The largest absolute Gasteiger partial charge is 0.390 e. The highest BCUT2D eigenvalue weighted by molar-refractivity contribution is 7.89. The van der Waals surface area contributed by atoms with E-state index in [-0.39, 0.29) is 11.5 Å². The van der Waals surface area contributed by atoms with Gasteiger partial charge in [0, 0.05) is 24.5 Å². The predicted molar refractivity (Wildman–Crippen MR) is 77.4 cm³/mol. The van der Waals surface area contributed by atoms with Gasteiger partial charge in [-0.3, -0.25) is 0 Å². The minimum atomic E-state index is -3.57. The lowest BCUT2D eigenvalue weighted by Gasteiger charge is -2.40. The second-order valence-corrected chi connectivity index (χ2v) is 8.27.